The van der Waals surface area contributed by atoms with Gasteiger partial charge in [0.15, 0.2) is 0 Å². The Bertz CT molecular complexity index is 309. The van der Waals surface area contributed by atoms with Gasteiger partial charge in [0.2, 0.25) is 5.91 Å². The lowest BCUT2D eigenvalue weighted by molar-refractivity contribution is -0.147. The molecule has 0 aromatic heterocycles. The van der Waals surface area contributed by atoms with Crippen LogP contribution in [0.25, 0.3) is 0 Å². The van der Waals surface area contributed by atoms with Crippen LogP contribution >= 0.6 is 0 Å². The predicted molar refractivity (Wildman–Crippen MR) is 76.0 cm³/mol. The first kappa shape index (κ1) is 14.8. The standard InChI is InChI=1S/C15H28N2O2/c1-4-12-6-7-16-14(8-12)15(18)17-9-11(3)19-10-13(17)5-2/h11-14,16H,4-10H2,1-3H3. The molecule has 4 unspecified atom stereocenters. The summed E-state index contributed by atoms with van der Waals surface area (Å²) in [6.45, 7) is 8.82. The normalized spacial score (nSPS) is 36.3. The molecule has 2 fully saturated rings. The molecule has 4 nitrogen and oxygen atoms in total. The van der Waals surface area contributed by atoms with Gasteiger partial charge in [-0.05, 0) is 38.6 Å². The minimum absolute atomic E-state index is 0.0260. The molecule has 19 heavy (non-hydrogen) atoms. The number of hydrogen-bond donors (Lipinski definition) is 1. The molecule has 2 heterocycles. The van der Waals surface area contributed by atoms with E-state index in [1.54, 1.807) is 0 Å². The number of ether oxygens (including phenoxy) is 1. The molecule has 2 aliphatic rings. The van der Waals surface area contributed by atoms with Gasteiger partial charge in [-0.3, -0.25) is 4.79 Å². The van der Waals surface area contributed by atoms with Gasteiger partial charge in [0.25, 0.3) is 0 Å². The number of rotatable bonds is 3. The first-order chi connectivity index (χ1) is 9.15. The quantitative estimate of drug-likeness (QED) is 0.848. The molecule has 0 bridgehead atoms. The fourth-order valence-electron chi connectivity index (χ4n) is 3.21. The number of carbonyl (C=O) groups excluding carboxylic acids is 1. The fraction of sp³-hybridized carbons (Fsp3) is 0.933. The lowest BCUT2D eigenvalue weighted by Gasteiger charge is -2.41. The van der Waals surface area contributed by atoms with Crippen molar-refractivity contribution >= 4 is 5.91 Å². The third-order valence-electron chi connectivity index (χ3n) is 4.61. The maximum Gasteiger partial charge on any atom is 0.240 e. The van der Waals surface area contributed by atoms with Crippen LogP contribution < -0.4 is 5.32 Å². The Balaban J connectivity index is 2.00. The Hall–Kier alpha value is -0.610. The monoisotopic (exact) mass is 268 g/mol. The molecule has 110 valence electrons. The molecule has 0 aromatic rings. The summed E-state index contributed by atoms with van der Waals surface area (Å²) in [4.78, 5) is 14.8. The maximum atomic E-state index is 12.7. The van der Waals surface area contributed by atoms with E-state index >= 15 is 0 Å². The Morgan fingerprint density at radius 3 is 2.84 bits per heavy atom. The summed E-state index contributed by atoms with van der Waals surface area (Å²) in [6, 6.07) is 0.283. The molecule has 2 rings (SSSR count). The minimum atomic E-state index is 0.0260. The molecule has 0 spiro atoms. The van der Waals surface area contributed by atoms with Gasteiger partial charge in [0.1, 0.15) is 0 Å². The van der Waals surface area contributed by atoms with Gasteiger partial charge in [-0.25, -0.2) is 0 Å². The van der Waals surface area contributed by atoms with E-state index in [0.29, 0.717) is 18.4 Å². The molecule has 1 N–H and O–H groups in total. The van der Waals surface area contributed by atoms with Gasteiger partial charge in [-0.1, -0.05) is 20.3 Å². The van der Waals surface area contributed by atoms with Crippen LogP contribution in [0, 0.1) is 5.92 Å². The van der Waals surface area contributed by atoms with E-state index in [0.717, 1.165) is 25.9 Å². The van der Waals surface area contributed by atoms with E-state index in [1.165, 1.54) is 12.8 Å². The first-order valence-corrected chi connectivity index (χ1v) is 7.81. The molecule has 0 aromatic carbocycles. The van der Waals surface area contributed by atoms with E-state index in [2.05, 4.69) is 31.0 Å². The van der Waals surface area contributed by atoms with Crippen molar-refractivity contribution in [3.05, 3.63) is 0 Å². The Kier molecular flexibility index (Phi) is 5.22. The SMILES string of the molecule is CCC1CCNC(C(=O)N2CC(C)OCC2CC)C1. The van der Waals surface area contributed by atoms with E-state index < -0.39 is 0 Å². The van der Waals surface area contributed by atoms with Crippen LogP contribution in [0.4, 0.5) is 0 Å². The van der Waals surface area contributed by atoms with E-state index in [4.69, 9.17) is 4.74 Å². The van der Waals surface area contributed by atoms with Crippen molar-refractivity contribution in [3.63, 3.8) is 0 Å². The van der Waals surface area contributed by atoms with Gasteiger partial charge in [0.05, 0.1) is 24.8 Å². The zero-order valence-corrected chi connectivity index (χ0v) is 12.5. The smallest absolute Gasteiger partial charge is 0.240 e. The molecular formula is C15H28N2O2. The molecule has 0 radical (unpaired) electrons. The predicted octanol–water partition coefficient (Wildman–Crippen LogP) is 1.79. The summed E-state index contributed by atoms with van der Waals surface area (Å²) in [5.41, 5.74) is 0. The highest BCUT2D eigenvalue weighted by molar-refractivity contribution is 5.82. The van der Waals surface area contributed by atoms with Gasteiger partial charge in [0, 0.05) is 6.54 Å². The van der Waals surface area contributed by atoms with Crippen LogP contribution in [0.2, 0.25) is 0 Å². The number of morpholine rings is 1. The number of hydrogen-bond acceptors (Lipinski definition) is 3. The molecule has 4 heteroatoms. The van der Waals surface area contributed by atoms with E-state index in [-0.39, 0.29) is 18.2 Å². The Morgan fingerprint density at radius 2 is 2.16 bits per heavy atom. The Morgan fingerprint density at radius 1 is 1.37 bits per heavy atom. The fourth-order valence-corrected chi connectivity index (χ4v) is 3.21. The summed E-state index contributed by atoms with van der Waals surface area (Å²) in [5.74, 6) is 0.994. The van der Waals surface area contributed by atoms with Crippen molar-refractivity contribution < 1.29 is 9.53 Å². The van der Waals surface area contributed by atoms with Crippen LogP contribution in [-0.4, -0.2) is 48.7 Å². The summed E-state index contributed by atoms with van der Waals surface area (Å²) >= 11 is 0. The van der Waals surface area contributed by atoms with Crippen LogP contribution in [0.15, 0.2) is 0 Å². The number of nitrogens with one attached hydrogen (secondary N) is 1. The van der Waals surface area contributed by atoms with Crippen molar-refractivity contribution in [2.45, 2.75) is 64.6 Å². The number of nitrogens with zero attached hydrogens (tertiary/aromatic N) is 1. The summed E-state index contributed by atoms with van der Waals surface area (Å²) < 4.78 is 5.68. The molecule has 2 saturated heterocycles. The highest BCUT2D eigenvalue weighted by Gasteiger charge is 2.35. The number of amides is 1. The van der Waals surface area contributed by atoms with Gasteiger partial charge >= 0.3 is 0 Å². The van der Waals surface area contributed by atoms with Gasteiger partial charge in [-0.2, -0.15) is 0 Å². The summed E-state index contributed by atoms with van der Waals surface area (Å²) in [5, 5.41) is 3.41. The second-order valence-electron chi connectivity index (χ2n) is 6.00. The van der Waals surface area contributed by atoms with Crippen LogP contribution in [-0.2, 0) is 9.53 Å². The largest absolute Gasteiger partial charge is 0.375 e. The van der Waals surface area contributed by atoms with Crippen LogP contribution in [0.1, 0.15) is 46.5 Å². The molecule has 0 aliphatic carbocycles. The average Bonchev–Trinajstić information content (AvgIpc) is 2.46. The molecule has 4 atom stereocenters. The minimum Gasteiger partial charge on any atom is -0.375 e. The van der Waals surface area contributed by atoms with Crippen molar-refractivity contribution in [2.75, 3.05) is 19.7 Å². The van der Waals surface area contributed by atoms with Crippen LogP contribution in [0.5, 0.6) is 0 Å². The van der Waals surface area contributed by atoms with Crippen LogP contribution in [0.3, 0.4) is 0 Å². The lowest BCUT2D eigenvalue weighted by Crippen LogP contribution is -2.58. The zero-order chi connectivity index (χ0) is 13.8. The van der Waals surface area contributed by atoms with E-state index in [9.17, 15) is 4.79 Å². The van der Waals surface area contributed by atoms with Gasteiger partial charge < -0.3 is 15.0 Å². The van der Waals surface area contributed by atoms with Gasteiger partial charge in [-0.15, -0.1) is 0 Å². The molecule has 1 amide bonds. The van der Waals surface area contributed by atoms with Crippen molar-refractivity contribution in [3.8, 4) is 0 Å². The highest BCUT2D eigenvalue weighted by Crippen LogP contribution is 2.23. The number of piperidine rings is 1. The number of carbonyl (C=O) groups is 1. The third kappa shape index (κ3) is 3.48. The average molecular weight is 268 g/mol. The van der Waals surface area contributed by atoms with E-state index in [1.807, 2.05) is 0 Å². The van der Waals surface area contributed by atoms with Crippen molar-refractivity contribution in [1.29, 1.82) is 0 Å². The second-order valence-corrected chi connectivity index (χ2v) is 6.00. The van der Waals surface area contributed by atoms with Crippen molar-refractivity contribution in [1.82, 2.24) is 10.2 Å². The topological polar surface area (TPSA) is 41.6 Å². The zero-order valence-electron chi connectivity index (χ0n) is 12.5. The summed E-state index contributed by atoms with van der Waals surface area (Å²) in [6.07, 6.45) is 4.52. The molecule has 2 aliphatic heterocycles. The first-order valence-electron chi connectivity index (χ1n) is 7.81. The third-order valence-corrected chi connectivity index (χ3v) is 4.61. The second kappa shape index (κ2) is 6.71. The molecule has 0 saturated carbocycles. The highest BCUT2D eigenvalue weighted by atomic mass is 16.5. The lowest BCUT2D eigenvalue weighted by atomic mass is 9.89. The maximum absolute atomic E-state index is 12.7. The van der Waals surface area contributed by atoms with Crippen molar-refractivity contribution in [2.24, 2.45) is 5.92 Å². The summed E-state index contributed by atoms with van der Waals surface area (Å²) in [7, 11) is 0. The Labute approximate surface area is 116 Å². The molecular weight excluding hydrogens is 240 g/mol.